The minimum atomic E-state index is -3.94. The molecule has 2 amide bonds. The fourth-order valence-corrected chi connectivity index (χ4v) is 5.87. The Morgan fingerprint density at radius 1 is 1.03 bits per heavy atom. The zero-order chi connectivity index (χ0) is 26.3. The molecule has 3 rings (SSSR count). The lowest BCUT2D eigenvalue weighted by Gasteiger charge is -2.33. The van der Waals surface area contributed by atoms with Gasteiger partial charge in [-0.05, 0) is 55.2 Å². The number of hydrogen-bond donors (Lipinski definition) is 1. The molecule has 1 saturated carbocycles. The topological polar surface area (TPSA) is 86.8 Å². The first-order valence-corrected chi connectivity index (χ1v) is 14.4. The summed E-state index contributed by atoms with van der Waals surface area (Å²) < 4.78 is 27.1. The lowest BCUT2D eigenvalue weighted by Crippen LogP contribution is -2.53. The highest BCUT2D eigenvalue weighted by molar-refractivity contribution is 7.89. The largest absolute Gasteiger partial charge is 0.352 e. The first-order valence-electron chi connectivity index (χ1n) is 12.2. The Kier molecular flexibility index (Phi) is 10.2. The van der Waals surface area contributed by atoms with E-state index in [1.807, 2.05) is 13.0 Å². The fraction of sp³-hybridized carbons (Fsp3) is 0.462. The molecule has 10 heteroatoms. The monoisotopic (exact) mass is 553 g/mol. The molecule has 0 aliphatic heterocycles. The van der Waals surface area contributed by atoms with Crippen LogP contribution in [-0.2, 0) is 26.2 Å². The molecule has 1 atom stereocenters. The molecule has 1 aliphatic rings. The number of halogens is 2. The van der Waals surface area contributed by atoms with Gasteiger partial charge in [-0.3, -0.25) is 9.59 Å². The molecule has 0 heterocycles. The molecule has 0 saturated heterocycles. The molecule has 1 fully saturated rings. The van der Waals surface area contributed by atoms with E-state index in [1.165, 1.54) is 36.2 Å². The molecular formula is C26H33Cl2N3O4S. The Morgan fingerprint density at radius 2 is 1.67 bits per heavy atom. The molecular weight excluding hydrogens is 521 g/mol. The predicted molar refractivity (Wildman–Crippen MR) is 142 cm³/mol. The standard InChI is InChI=1S/C26H33Cl2N3O4S/c1-3-24(26(33)29-21-10-5-4-6-11-21)31(17-19-9-7-8-12-23(19)28)25(32)18-30(2)36(34,35)22-15-13-20(27)14-16-22/h7-9,12-16,21,24H,3-6,10-11,17-18H2,1-2H3,(H,29,33). The minimum absolute atomic E-state index is 0.0296. The van der Waals surface area contributed by atoms with Gasteiger partial charge in [0.15, 0.2) is 0 Å². The number of carbonyl (C=O) groups is 2. The van der Waals surface area contributed by atoms with Crippen molar-refractivity contribution in [3.63, 3.8) is 0 Å². The summed E-state index contributed by atoms with van der Waals surface area (Å²) in [4.78, 5) is 28.4. The Bertz CT molecular complexity index is 1150. The molecule has 36 heavy (non-hydrogen) atoms. The van der Waals surface area contributed by atoms with Crippen LogP contribution in [0.5, 0.6) is 0 Å². The summed E-state index contributed by atoms with van der Waals surface area (Å²) in [6.45, 7) is 1.50. The quantitative estimate of drug-likeness (QED) is 0.454. The van der Waals surface area contributed by atoms with Crippen LogP contribution in [-0.4, -0.2) is 55.1 Å². The molecule has 0 spiro atoms. The second-order valence-electron chi connectivity index (χ2n) is 9.10. The molecule has 2 aromatic carbocycles. The number of rotatable bonds is 10. The first-order chi connectivity index (χ1) is 17.1. The number of nitrogens with zero attached hydrogens (tertiary/aromatic N) is 2. The maximum absolute atomic E-state index is 13.6. The SMILES string of the molecule is CCC(C(=O)NC1CCCCC1)N(Cc1ccccc1Cl)C(=O)CN(C)S(=O)(=O)c1ccc(Cl)cc1. The number of sulfonamides is 1. The molecule has 1 N–H and O–H groups in total. The fourth-order valence-electron chi connectivity index (χ4n) is 4.43. The Balaban J connectivity index is 1.84. The van der Waals surface area contributed by atoms with Crippen molar-refractivity contribution < 1.29 is 18.0 Å². The van der Waals surface area contributed by atoms with E-state index in [4.69, 9.17) is 23.2 Å². The second-order valence-corrected chi connectivity index (χ2v) is 12.0. The molecule has 0 aromatic heterocycles. The van der Waals surface area contributed by atoms with Gasteiger partial charge in [0.2, 0.25) is 21.8 Å². The summed E-state index contributed by atoms with van der Waals surface area (Å²) in [6.07, 6.45) is 5.51. The van der Waals surface area contributed by atoms with E-state index < -0.39 is 28.5 Å². The number of nitrogens with one attached hydrogen (secondary N) is 1. The maximum Gasteiger partial charge on any atom is 0.243 e. The van der Waals surface area contributed by atoms with Crippen molar-refractivity contribution in [3.05, 3.63) is 64.1 Å². The van der Waals surface area contributed by atoms with Crippen LogP contribution in [0.3, 0.4) is 0 Å². The van der Waals surface area contributed by atoms with E-state index in [1.54, 1.807) is 18.2 Å². The van der Waals surface area contributed by atoms with Crippen molar-refractivity contribution in [1.82, 2.24) is 14.5 Å². The van der Waals surface area contributed by atoms with Crippen LogP contribution in [0.4, 0.5) is 0 Å². The number of likely N-dealkylation sites (N-methyl/N-ethyl adjacent to an activating group) is 1. The van der Waals surface area contributed by atoms with Gasteiger partial charge in [0.05, 0.1) is 11.4 Å². The van der Waals surface area contributed by atoms with Crippen LogP contribution in [0, 0.1) is 0 Å². The van der Waals surface area contributed by atoms with E-state index in [-0.39, 0.29) is 23.4 Å². The van der Waals surface area contributed by atoms with Crippen LogP contribution in [0.15, 0.2) is 53.4 Å². The predicted octanol–water partition coefficient (Wildman–Crippen LogP) is 4.87. The Morgan fingerprint density at radius 3 is 2.28 bits per heavy atom. The number of amides is 2. The van der Waals surface area contributed by atoms with Gasteiger partial charge in [-0.15, -0.1) is 0 Å². The van der Waals surface area contributed by atoms with Gasteiger partial charge in [-0.1, -0.05) is 67.6 Å². The van der Waals surface area contributed by atoms with Gasteiger partial charge in [0, 0.05) is 29.7 Å². The maximum atomic E-state index is 13.6. The highest BCUT2D eigenvalue weighted by atomic mass is 35.5. The first kappa shape index (κ1) is 28.4. The van der Waals surface area contributed by atoms with Crippen molar-refractivity contribution in [2.45, 2.75) is 69.0 Å². The lowest BCUT2D eigenvalue weighted by molar-refractivity contribution is -0.141. The van der Waals surface area contributed by atoms with Crippen molar-refractivity contribution in [1.29, 1.82) is 0 Å². The van der Waals surface area contributed by atoms with Crippen molar-refractivity contribution >= 4 is 45.0 Å². The van der Waals surface area contributed by atoms with Crippen LogP contribution in [0.2, 0.25) is 10.0 Å². The van der Waals surface area contributed by atoms with E-state index in [2.05, 4.69) is 5.32 Å². The van der Waals surface area contributed by atoms with Gasteiger partial charge in [-0.25, -0.2) is 8.42 Å². The summed E-state index contributed by atoms with van der Waals surface area (Å²) >= 11 is 12.3. The van der Waals surface area contributed by atoms with E-state index in [9.17, 15) is 18.0 Å². The average molecular weight is 555 g/mol. The van der Waals surface area contributed by atoms with E-state index >= 15 is 0 Å². The Hall–Kier alpha value is -2.13. The minimum Gasteiger partial charge on any atom is -0.352 e. The van der Waals surface area contributed by atoms with Gasteiger partial charge >= 0.3 is 0 Å². The molecule has 0 radical (unpaired) electrons. The highest BCUT2D eigenvalue weighted by Gasteiger charge is 2.33. The number of benzene rings is 2. The van der Waals surface area contributed by atoms with Gasteiger partial charge in [0.1, 0.15) is 6.04 Å². The van der Waals surface area contributed by atoms with Crippen molar-refractivity contribution in [2.75, 3.05) is 13.6 Å². The summed E-state index contributed by atoms with van der Waals surface area (Å²) in [5.74, 6) is -0.714. The third kappa shape index (κ3) is 7.22. The normalized spacial score (nSPS) is 15.5. The van der Waals surface area contributed by atoms with Crippen LogP contribution in [0.25, 0.3) is 0 Å². The zero-order valence-electron chi connectivity index (χ0n) is 20.6. The van der Waals surface area contributed by atoms with E-state index in [0.29, 0.717) is 22.0 Å². The van der Waals surface area contributed by atoms with Crippen molar-refractivity contribution in [2.24, 2.45) is 0 Å². The summed E-state index contributed by atoms with van der Waals surface area (Å²) in [7, 11) is -2.59. The highest BCUT2D eigenvalue weighted by Crippen LogP contribution is 2.23. The molecule has 0 bridgehead atoms. The summed E-state index contributed by atoms with van der Waals surface area (Å²) in [6, 6.07) is 12.2. The molecule has 1 aliphatic carbocycles. The van der Waals surface area contributed by atoms with E-state index in [0.717, 1.165) is 36.4 Å². The summed E-state index contributed by atoms with van der Waals surface area (Å²) in [5.41, 5.74) is 0.680. The van der Waals surface area contributed by atoms with Crippen LogP contribution >= 0.6 is 23.2 Å². The van der Waals surface area contributed by atoms with Crippen LogP contribution < -0.4 is 5.32 Å². The zero-order valence-corrected chi connectivity index (χ0v) is 23.0. The smallest absolute Gasteiger partial charge is 0.243 e. The number of hydrogen-bond acceptors (Lipinski definition) is 4. The Labute approximate surface area is 223 Å². The lowest BCUT2D eigenvalue weighted by atomic mass is 9.95. The van der Waals surface area contributed by atoms with Crippen LogP contribution in [0.1, 0.15) is 51.0 Å². The molecule has 7 nitrogen and oxygen atoms in total. The van der Waals surface area contributed by atoms with Gasteiger partial charge in [0.25, 0.3) is 0 Å². The summed E-state index contributed by atoms with van der Waals surface area (Å²) in [5, 5.41) is 3.99. The second kappa shape index (κ2) is 12.9. The number of carbonyl (C=O) groups excluding carboxylic acids is 2. The molecule has 196 valence electrons. The average Bonchev–Trinajstić information content (AvgIpc) is 2.85. The molecule has 2 aromatic rings. The third-order valence-corrected chi connectivity index (χ3v) is 8.95. The van der Waals surface area contributed by atoms with Gasteiger partial charge in [-0.2, -0.15) is 4.31 Å². The molecule has 1 unspecified atom stereocenters. The van der Waals surface area contributed by atoms with Gasteiger partial charge < -0.3 is 10.2 Å². The van der Waals surface area contributed by atoms with Crippen molar-refractivity contribution in [3.8, 4) is 0 Å². The third-order valence-electron chi connectivity index (χ3n) is 6.52.